The number of amides is 3. The van der Waals surface area contributed by atoms with Crippen LogP contribution in [0.2, 0.25) is 0 Å². The summed E-state index contributed by atoms with van der Waals surface area (Å²) in [5, 5.41) is 23.6. The zero-order valence-corrected chi connectivity index (χ0v) is 16.3. The second kappa shape index (κ2) is 10.7. The fourth-order valence-electron chi connectivity index (χ4n) is 2.34. The number of likely N-dealkylation sites (N-methyl/N-ethyl adjacent to an activating group) is 1. The van der Waals surface area contributed by atoms with Crippen LogP contribution < -0.4 is 10.6 Å². The number of aliphatic hydroxyl groups excluding tert-OH is 1. The van der Waals surface area contributed by atoms with Crippen molar-refractivity contribution in [2.24, 2.45) is 11.8 Å². The number of hydrogen-bond donors (Lipinski definition) is 4. The molecule has 9 heteroatoms. The van der Waals surface area contributed by atoms with Gasteiger partial charge in [0.1, 0.15) is 18.1 Å². The topological polar surface area (TPSA) is 136 Å². The van der Waals surface area contributed by atoms with Crippen molar-refractivity contribution in [2.75, 3.05) is 13.7 Å². The van der Waals surface area contributed by atoms with Gasteiger partial charge in [0.2, 0.25) is 17.7 Å². The van der Waals surface area contributed by atoms with Crippen LogP contribution in [0.5, 0.6) is 0 Å². The van der Waals surface area contributed by atoms with Crippen LogP contribution >= 0.6 is 0 Å². The molecule has 4 N–H and O–H groups in total. The van der Waals surface area contributed by atoms with Crippen molar-refractivity contribution < 1.29 is 29.4 Å². The van der Waals surface area contributed by atoms with Crippen LogP contribution in [0.15, 0.2) is 0 Å². The van der Waals surface area contributed by atoms with E-state index in [1.54, 1.807) is 13.8 Å². The third kappa shape index (κ3) is 7.38. The summed E-state index contributed by atoms with van der Waals surface area (Å²) in [5.74, 6) is -3.15. The maximum absolute atomic E-state index is 12.5. The summed E-state index contributed by atoms with van der Waals surface area (Å²) >= 11 is 0. The third-order valence-electron chi connectivity index (χ3n) is 4.01. The van der Waals surface area contributed by atoms with Crippen LogP contribution in [0.4, 0.5) is 0 Å². The van der Waals surface area contributed by atoms with Crippen molar-refractivity contribution in [1.82, 2.24) is 15.5 Å². The molecule has 0 aliphatic carbocycles. The summed E-state index contributed by atoms with van der Waals surface area (Å²) < 4.78 is 0. The molecule has 0 aromatic rings. The van der Waals surface area contributed by atoms with E-state index < -0.39 is 48.4 Å². The highest BCUT2D eigenvalue weighted by Gasteiger charge is 2.32. The van der Waals surface area contributed by atoms with Gasteiger partial charge in [-0.15, -0.1) is 0 Å². The van der Waals surface area contributed by atoms with Gasteiger partial charge in [-0.05, 0) is 18.3 Å². The fourth-order valence-corrected chi connectivity index (χ4v) is 2.34. The van der Waals surface area contributed by atoms with Gasteiger partial charge in [-0.2, -0.15) is 0 Å². The third-order valence-corrected chi connectivity index (χ3v) is 4.01. The molecule has 0 saturated heterocycles. The molecule has 0 aromatic carbocycles. The first kappa shape index (κ1) is 23.8. The number of carboxylic acids is 1. The lowest BCUT2D eigenvalue weighted by molar-refractivity contribution is -0.144. The molecule has 9 nitrogen and oxygen atoms in total. The Morgan fingerprint density at radius 2 is 1.54 bits per heavy atom. The summed E-state index contributed by atoms with van der Waals surface area (Å²) in [4.78, 5) is 48.7. The maximum atomic E-state index is 12.5. The normalized spacial score (nSPS) is 14.5. The number of aliphatic carboxylic acids is 1. The SMILES string of the molecule is CC(=O)N(C)[C@@H](CO)C(=O)N[C@@H](CC(C)C)C(=O)N[C@H](C(=O)O)C(C)C. The molecule has 0 saturated carbocycles. The summed E-state index contributed by atoms with van der Waals surface area (Å²) in [6.07, 6.45) is 0.282. The van der Waals surface area contributed by atoms with Gasteiger partial charge in [0.15, 0.2) is 0 Å². The number of carbonyl (C=O) groups excluding carboxylic acids is 3. The molecule has 150 valence electrons. The Morgan fingerprint density at radius 3 is 1.88 bits per heavy atom. The molecule has 26 heavy (non-hydrogen) atoms. The molecule has 3 atom stereocenters. The van der Waals surface area contributed by atoms with E-state index in [0.29, 0.717) is 0 Å². The number of aliphatic hydroxyl groups is 1. The van der Waals surface area contributed by atoms with E-state index in [9.17, 15) is 29.4 Å². The predicted octanol–water partition coefficient (Wildman–Crippen LogP) is -0.418. The molecule has 0 rings (SSSR count). The number of carboxylic acid groups (broad SMARTS) is 1. The lowest BCUT2D eigenvalue weighted by Gasteiger charge is -2.28. The second-order valence-electron chi connectivity index (χ2n) is 7.09. The first-order chi connectivity index (χ1) is 11.9. The molecule has 3 amide bonds. The Hall–Kier alpha value is -2.16. The Kier molecular flexibility index (Phi) is 9.85. The van der Waals surface area contributed by atoms with Crippen LogP contribution in [0.25, 0.3) is 0 Å². The Bertz CT molecular complexity index is 521. The Morgan fingerprint density at radius 1 is 1.00 bits per heavy atom. The van der Waals surface area contributed by atoms with E-state index in [4.69, 9.17) is 0 Å². The molecule has 0 bridgehead atoms. The van der Waals surface area contributed by atoms with E-state index in [1.165, 1.54) is 14.0 Å². The molecule has 0 heterocycles. The van der Waals surface area contributed by atoms with E-state index in [0.717, 1.165) is 4.90 Å². The maximum Gasteiger partial charge on any atom is 0.326 e. The standard InChI is InChI=1S/C17H31N3O6/c1-9(2)7-12(15(23)19-14(10(3)4)17(25)26)18-16(24)13(8-21)20(6)11(5)22/h9-10,12-14,21H,7-8H2,1-6H3,(H,18,24)(H,19,23)(H,25,26)/t12-,13-,14-/m0/s1. The quantitative estimate of drug-likeness (QED) is 0.411. The van der Waals surface area contributed by atoms with Gasteiger partial charge >= 0.3 is 5.97 Å². The van der Waals surface area contributed by atoms with Gasteiger partial charge in [-0.25, -0.2) is 4.79 Å². The van der Waals surface area contributed by atoms with E-state index in [2.05, 4.69) is 10.6 Å². The van der Waals surface area contributed by atoms with Crippen LogP contribution in [-0.4, -0.2) is 70.6 Å². The molecular weight excluding hydrogens is 342 g/mol. The monoisotopic (exact) mass is 373 g/mol. The van der Waals surface area contributed by atoms with Crippen molar-refractivity contribution >= 4 is 23.7 Å². The Labute approximate surface area is 154 Å². The van der Waals surface area contributed by atoms with Crippen molar-refractivity contribution in [1.29, 1.82) is 0 Å². The van der Waals surface area contributed by atoms with Gasteiger partial charge in [-0.1, -0.05) is 27.7 Å². The summed E-state index contributed by atoms with van der Waals surface area (Å²) in [6.45, 7) is 7.71. The Balaban J connectivity index is 5.30. The highest BCUT2D eigenvalue weighted by atomic mass is 16.4. The average Bonchev–Trinajstić information content (AvgIpc) is 2.50. The minimum atomic E-state index is -1.16. The summed E-state index contributed by atoms with van der Waals surface area (Å²) in [5.41, 5.74) is 0. The molecule has 0 aromatic heterocycles. The average molecular weight is 373 g/mol. The predicted molar refractivity (Wildman–Crippen MR) is 95.1 cm³/mol. The van der Waals surface area contributed by atoms with Crippen LogP contribution in [-0.2, 0) is 19.2 Å². The highest BCUT2D eigenvalue weighted by Crippen LogP contribution is 2.09. The number of nitrogens with zero attached hydrogens (tertiary/aromatic N) is 1. The fraction of sp³-hybridized carbons (Fsp3) is 0.765. The van der Waals surface area contributed by atoms with Crippen molar-refractivity contribution in [3.8, 4) is 0 Å². The molecule has 0 radical (unpaired) electrons. The highest BCUT2D eigenvalue weighted by molar-refractivity contribution is 5.93. The molecular formula is C17H31N3O6. The van der Waals surface area contributed by atoms with Gasteiger partial charge in [0.25, 0.3) is 0 Å². The number of carbonyl (C=O) groups is 4. The van der Waals surface area contributed by atoms with E-state index in [-0.39, 0.29) is 18.3 Å². The number of nitrogens with one attached hydrogen (secondary N) is 2. The molecule has 0 unspecified atom stereocenters. The molecule has 0 fully saturated rings. The van der Waals surface area contributed by atoms with Crippen molar-refractivity contribution in [2.45, 2.75) is 59.2 Å². The zero-order valence-electron chi connectivity index (χ0n) is 16.3. The summed E-state index contributed by atoms with van der Waals surface area (Å²) in [6, 6.07) is -3.18. The minimum absolute atomic E-state index is 0.0477. The first-order valence-corrected chi connectivity index (χ1v) is 8.60. The largest absolute Gasteiger partial charge is 0.480 e. The van der Waals surface area contributed by atoms with Crippen LogP contribution in [0.1, 0.15) is 41.0 Å². The lowest BCUT2D eigenvalue weighted by Crippen LogP contribution is -2.57. The van der Waals surface area contributed by atoms with Gasteiger partial charge in [-0.3, -0.25) is 14.4 Å². The number of hydrogen-bond acceptors (Lipinski definition) is 5. The minimum Gasteiger partial charge on any atom is -0.480 e. The lowest BCUT2D eigenvalue weighted by atomic mass is 10.00. The molecule has 0 spiro atoms. The summed E-state index contributed by atoms with van der Waals surface area (Å²) in [7, 11) is 1.37. The van der Waals surface area contributed by atoms with Crippen molar-refractivity contribution in [3.05, 3.63) is 0 Å². The van der Waals surface area contributed by atoms with Gasteiger partial charge in [0.05, 0.1) is 6.61 Å². The van der Waals surface area contributed by atoms with Gasteiger partial charge < -0.3 is 25.7 Å². The smallest absolute Gasteiger partial charge is 0.326 e. The molecule has 0 aliphatic rings. The second-order valence-corrected chi connectivity index (χ2v) is 7.09. The van der Waals surface area contributed by atoms with Crippen LogP contribution in [0, 0.1) is 11.8 Å². The van der Waals surface area contributed by atoms with E-state index in [1.807, 2.05) is 13.8 Å². The zero-order chi connectivity index (χ0) is 20.6. The molecule has 0 aliphatic heterocycles. The van der Waals surface area contributed by atoms with E-state index >= 15 is 0 Å². The van der Waals surface area contributed by atoms with Crippen LogP contribution in [0.3, 0.4) is 0 Å². The van der Waals surface area contributed by atoms with Gasteiger partial charge in [0, 0.05) is 14.0 Å². The van der Waals surface area contributed by atoms with Crippen molar-refractivity contribution in [3.63, 3.8) is 0 Å². The number of rotatable bonds is 10. The first-order valence-electron chi connectivity index (χ1n) is 8.60.